The highest BCUT2D eigenvalue weighted by molar-refractivity contribution is 5.84. The zero-order valence-corrected chi connectivity index (χ0v) is 8.58. The molecule has 0 fully saturated rings. The minimum Gasteiger partial charge on any atom is -0.494 e. The Kier molecular flexibility index (Phi) is 2.40. The van der Waals surface area contributed by atoms with Gasteiger partial charge in [0, 0.05) is 0 Å². The SMILES string of the molecule is CCOc1ccc2cc(C)ccc2c1. The van der Waals surface area contributed by atoms with E-state index in [2.05, 4.69) is 37.3 Å². The number of hydrogen-bond donors (Lipinski definition) is 0. The van der Waals surface area contributed by atoms with Crippen LogP contribution in [0, 0.1) is 6.92 Å². The van der Waals surface area contributed by atoms with E-state index in [1.807, 2.05) is 13.0 Å². The van der Waals surface area contributed by atoms with E-state index in [1.165, 1.54) is 16.3 Å². The van der Waals surface area contributed by atoms with Crippen molar-refractivity contribution >= 4 is 10.8 Å². The summed E-state index contributed by atoms with van der Waals surface area (Å²) in [5.41, 5.74) is 1.29. The average molecular weight is 186 g/mol. The van der Waals surface area contributed by atoms with Crippen molar-refractivity contribution in [1.82, 2.24) is 0 Å². The molecule has 0 bridgehead atoms. The third-order valence-electron chi connectivity index (χ3n) is 2.28. The van der Waals surface area contributed by atoms with Crippen LogP contribution in [0.25, 0.3) is 10.8 Å². The fraction of sp³-hybridized carbons (Fsp3) is 0.231. The molecule has 14 heavy (non-hydrogen) atoms. The van der Waals surface area contributed by atoms with Gasteiger partial charge in [0.25, 0.3) is 0 Å². The molecule has 2 aromatic rings. The van der Waals surface area contributed by atoms with Crippen molar-refractivity contribution in [2.75, 3.05) is 6.61 Å². The summed E-state index contributed by atoms with van der Waals surface area (Å²) in [6.45, 7) is 4.83. The first kappa shape index (κ1) is 9.07. The predicted molar refractivity (Wildman–Crippen MR) is 59.9 cm³/mol. The first-order valence-electron chi connectivity index (χ1n) is 4.93. The van der Waals surface area contributed by atoms with Crippen LogP contribution in [0.15, 0.2) is 36.4 Å². The smallest absolute Gasteiger partial charge is 0.119 e. The molecule has 0 aromatic heterocycles. The quantitative estimate of drug-likeness (QED) is 0.697. The first-order chi connectivity index (χ1) is 6.79. The minimum absolute atomic E-state index is 0.720. The van der Waals surface area contributed by atoms with E-state index in [4.69, 9.17) is 4.74 Å². The van der Waals surface area contributed by atoms with Gasteiger partial charge in [0.1, 0.15) is 5.75 Å². The van der Waals surface area contributed by atoms with Crippen LogP contribution < -0.4 is 4.74 Å². The van der Waals surface area contributed by atoms with Gasteiger partial charge in [-0.2, -0.15) is 0 Å². The summed E-state index contributed by atoms with van der Waals surface area (Å²) in [6, 6.07) is 12.6. The Labute approximate surface area is 84.3 Å². The largest absolute Gasteiger partial charge is 0.494 e. The van der Waals surface area contributed by atoms with Crippen molar-refractivity contribution in [3.05, 3.63) is 42.0 Å². The fourth-order valence-electron chi connectivity index (χ4n) is 1.60. The lowest BCUT2D eigenvalue weighted by Crippen LogP contribution is -1.90. The molecule has 0 saturated heterocycles. The van der Waals surface area contributed by atoms with E-state index >= 15 is 0 Å². The van der Waals surface area contributed by atoms with E-state index in [-0.39, 0.29) is 0 Å². The van der Waals surface area contributed by atoms with Gasteiger partial charge in [-0.05, 0) is 36.8 Å². The lowest BCUT2D eigenvalue weighted by Gasteiger charge is -2.04. The van der Waals surface area contributed by atoms with Crippen molar-refractivity contribution < 1.29 is 4.74 Å². The maximum absolute atomic E-state index is 5.44. The van der Waals surface area contributed by atoms with E-state index in [9.17, 15) is 0 Å². The molecule has 2 rings (SSSR count). The molecule has 1 nitrogen and oxygen atoms in total. The average Bonchev–Trinajstić information content (AvgIpc) is 2.19. The van der Waals surface area contributed by atoms with Gasteiger partial charge in [-0.3, -0.25) is 0 Å². The van der Waals surface area contributed by atoms with Crippen LogP contribution in [0.5, 0.6) is 5.75 Å². The Morgan fingerprint density at radius 3 is 2.50 bits per heavy atom. The standard InChI is InChI=1S/C13H14O/c1-3-14-13-7-6-11-8-10(2)4-5-12(11)9-13/h4-9H,3H2,1-2H3. The van der Waals surface area contributed by atoms with E-state index in [1.54, 1.807) is 0 Å². The minimum atomic E-state index is 0.720. The Bertz CT molecular complexity index is 446. The molecule has 0 aliphatic heterocycles. The maximum Gasteiger partial charge on any atom is 0.119 e. The van der Waals surface area contributed by atoms with Crippen molar-refractivity contribution in [2.45, 2.75) is 13.8 Å². The third kappa shape index (κ3) is 1.72. The molecule has 1 heteroatoms. The number of ether oxygens (including phenoxy) is 1. The monoisotopic (exact) mass is 186 g/mol. The van der Waals surface area contributed by atoms with Crippen molar-refractivity contribution in [3.8, 4) is 5.75 Å². The Morgan fingerprint density at radius 1 is 1.00 bits per heavy atom. The van der Waals surface area contributed by atoms with Gasteiger partial charge in [0.05, 0.1) is 6.61 Å². The van der Waals surface area contributed by atoms with Crippen LogP contribution in [-0.2, 0) is 0 Å². The molecule has 2 aromatic carbocycles. The first-order valence-corrected chi connectivity index (χ1v) is 4.93. The molecule has 72 valence electrons. The molecule has 0 aliphatic carbocycles. The Balaban J connectivity index is 2.50. The summed E-state index contributed by atoms with van der Waals surface area (Å²) in [5, 5.41) is 2.51. The molecule has 0 saturated carbocycles. The van der Waals surface area contributed by atoms with Gasteiger partial charge in [-0.15, -0.1) is 0 Å². The number of rotatable bonds is 2. The highest BCUT2D eigenvalue weighted by Gasteiger charge is 1.96. The van der Waals surface area contributed by atoms with Crippen LogP contribution in [0.2, 0.25) is 0 Å². The summed E-state index contributed by atoms with van der Waals surface area (Å²) >= 11 is 0. The molecular formula is C13H14O. The second kappa shape index (κ2) is 3.70. The van der Waals surface area contributed by atoms with Crippen molar-refractivity contribution in [1.29, 1.82) is 0 Å². The molecule has 0 N–H and O–H groups in total. The highest BCUT2D eigenvalue weighted by Crippen LogP contribution is 2.21. The van der Waals surface area contributed by atoms with Gasteiger partial charge in [0.2, 0.25) is 0 Å². The lowest BCUT2D eigenvalue weighted by molar-refractivity contribution is 0.341. The van der Waals surface area contributed by atoms with Crippen LogP contribution in [0.4, 0.5) is 0 Å². The van der Waals surface area contributed by atoms with Gasteiger partial charge >= 0.3 is 0 Å². The molecule has 0 unspecified atom stereocenters. The van der Waals surface area contributed by atoms with Crippen LogP contribution in [0.3, 0.4) is 0 Å². The normalized spacial score (nSPS) is 10.4. The molecule has 0 spiro atoms. The van der Waals surface area contributed by atoms with Gasteiger partial charge in [-0.25, -0.2) is 0 Å². The van der Waals surface area contributed by atoms with E-state index in [0.717, 1.165) is 12.4 Å². The second-order valence-electron chi connectivity index (χ2n) is 3.45. The zero-order chi connectivity index (χ0) is 9.97. The molecule has 0 atom stereocenters. The Hall–Kier alpha value is -1.50. The third-order valence-corrected chi connectivity index (χ3v) is 2.28. The van der Waals surface area contributed by atoms with E-state index in [0.29, 0.717) is 0 Å². The molecule has 0 radical (unpaired) electrons. The summed E-state index contributed by atoms with van der Waals surface area (Å²) in [5.74, 6) is 0.948. The summed E-state index contributed by atoms with van der Waals surface area (Å²) in [7, 11) is 0. The van der Waals surface area contributed by atoms with Crippen LogP contribution >= 0.6 is 0 Å². The van der Waals surface area contributed by atoms with Gasteiger partial charge < -0.3 is 4.74 Å². The zero-order valence-electron chi connectivity index (χ0n) is 8.58. The summed E-state index contributed by atoms with van der Waals surface area (Å²) in [6.07, 6.45) is 0. The van der Waals surface area contributed by atoms with Crippen LogP contribution in [-0.4, -0.2) is 6.61 Å². The maximum atomic E-state index is 5.44. The topological polar surface area (TPSA) is 9.23 Å². The molecule has 0 amide bonds. The molecule has 0 aliphatic rings. The predicted octanol–water partition coefficient (Wildman–Crippen LogP) is 3.55. The Morgan fingerprint density at radius 2 is 1.71 bits per heavy atom. The van der Waals surface area contributed by atoms with Crippen molar-refractivity contribution in [3.63, 3.8) is 0 Å². The van der Waals surface area contributed by atoms with Gasteiger partial charge in [0.15, 0.2) is 0 Å². The molecule has 0 heterocycles. The second-order valence-corrected chi connectivity index (χ2v) is 3.45. The van der Waals surface area contributed by atoms with Gasteiger partial charge in [-0.1, -0.05) is 29.8 Å². The molecular weight excluding hydrogens is 172 g/mol. The lowest BCUT2D eigenvalue weighted by atomic mass is 10.1. The number of aryl methyl sites for hydroxylation is 1. The number of fused-ring (bicyclic) bond motifs is 1. The van der Waals surface area contributed by atoms with Crippen LogP contribution in [0.1, 0.15) is 12.5 Å². The summed E-state index contributed by atoms with van der Waals surface area (Å²) < 4.78 is 5.44. The number of benzene rings is 2. The van der Waals surface area contributed by atoms with E-state index < -0.39 is 0 Å². The number of hydrogen-bond acceptors (Lipinski definition) is 1. The summed E-state index contributed by atoms with van der Waals surface area (Å²) in [4.78, 5) is 0. The highest BCUT2D eigenvalue weighted by atomic mass is 16.5. The fourth-order valence-corrected chi connectivity index (χ4v) is 1.60. The van der Waals surface area contributed by atoms with Crippen molar-refractivity contribution in [2.24, 2.45) is 0 Å².